The van der Waals surface area contributed by atoms with E-state index in [1.54, 1.807) is 0 Å². The van der Waals surface area contributed by atoms with Crippen molar-refractivity contribution in [3.8, 4) is 0 Å². The van der Waals surface area contributed by atoms with Crippen molar-refractivity contribution in [2.24, 2.45) is 0 Å². The molecular weight excluding hydrogens is 316 g/mol. The van der Waals surface area contributed by atoms with Gasteiger partial charge in [0.2, 0.25) is 0 Å². The van der Waals surface area contributed by atoms with Gasteiger partial charge in [-0.15, -0.1) is 0 Å². The van der Waals surface area contributed by atoms with Gasteiger partial charge < -0.3 is 15.8 Å². The van der Waals surface area contributed by atoms with Crippen molar-refractivity contribution >= 4 is 23.2 Å². The summed E-state index contributed by atoms with van der Waals surface area (Å²) in [5.74, 6) is -1.61. The normalized spacial score (nSPS) is 13.0. The Morgan fingerprint density at radius 2 is 2.10 bits per heavy atom. The van der Waals surface area contributed by atoms with Gasteiger partial charge in [-0.25, -0.2) is 4.39 Å². The minimum atomic E-state index is -4.44. The van der Waals surface area contributed by atoms with Crippen molar-refractivity contribution in [1.29, 1.82) is 0 Å². The molecule has 4 nitrogen and oxygen atoms in total. The van der Waals surface area contributed by atoms with Crippen molar-refractivity contribution in [2.45, 2.75) is 19.1 Å². The predicted molar refractivity (Wildman–Crippen MR) is 69.6 cm³/mol. The number of amides is 1. The Kier molecular flexibility index (Phi) is 5.79. The Bertz CT molecular complexity index is 523. The molecule has 0 fully saturated rings. The summed E-state index contributed by atoms with van der Waals surface area (Å²) in [7, 11) is 0. The van der Waals surface area contributed by atoms with Gasteiger partial charge in [0.15, 0.2) is 0 Å². The minimum absolute atomic E-state index is 0.0205. The largest absolute Gasteiger partial charge is 0.411 e. The van der Waals surface area contributed by atoms with Gasteiger partial charge in [0, 0.05) is 11.1 Å². The predicted octanol–water partition coefficient (Wildman–Crippen LogP) is 2.76. The molecule has 0 aromatic heterocycles. The van der Waals surface area contributed by atoms with Crippen molar-refractivity contribution in [1.82, 2.24) is 5.32 Å². The first-order valence-electron chi connectivity index (χ1n) is 5.80. The molecule has 3 N–H and O–H groups in total. The summed E-state index contributed by atoms with van der Waals surface area (Å²) in [4.78, 5) is 11.8. The van der Waals surface area contributed by atoms with Crippen LogP contribution in [0.4, 0.5) is 23.2 Å². The number of carbonyl (C=O) groups excluding carboxylic acids is 1. The molecule has 0 radical (unpaired) electrons. The lowest BCUT2D eigenvalue weighted by Gasteiger charge is -2.16. The standard InChI is InChI=1S/C12H13ClF4N2O2/c1-6(4-21-5-12(15,16)17)19-11(20)8-2-7(13)3-9(14)10(8)18/h2-3,6H,4-5,18H2,1H3,(H,19,20). The Hall–Kier alpha value is -1.54. The maximum atomic E-state index is 13.3. The van der Waals surface area contributed by atoms with Gasteiger partial charge in [0.1, 0.15) is 12.4 Å². The van der Waals surface area contributed by atoms with Crippen molar-refractivity contribution in [3.63, 3.8) is 0 Å². The second-order valence-corrected chi connectivity index (χ2v) is 4.79. The molecule has 1 amide bonds. The third-order valence-corrected chi connectivity index (χ3v) is 2.57. The van der Waals surface area contributed by atoms with Crippen molar-refractivity contribution in [3.05, 3.63) is 28.5 Å². The highest BCUT2D eigenvalue weighted by Gasteiger charge is 2.27. The molecule has 0 spiro atoms. The number of nitrogens with two attached hydrogens (primary N) is 1. The molecule has 21 heavy (non-hydrogen) atoms. The van der Waals surface area contributed by atoms with Crippen LogP contribution < -0.4 is 11.1 Å². The maximum absolute atomic E-state index is 13.3. The quantitative estimate of drug-likeness (QED) is 0.645. The lowest BCUT2D eigenvalue weighted by Crippen LogP contribution is -2.37. The van der Waals surface area contributed by atoms with E-state index in [4.69, 9.17) is 17.3 Å². The lowest BCUT2D eigenvalue weighted by molar-refractivity contribution is -0.174. The van der Waals surface area contributed by atoms with Crippen LogP contribution in [0.2, 0.25) is 5.02 Å². The zero-order valence-electron chi connectivity index (χ0n) is 10.9. The maximum Gasteiger partial charge on any atom is 0.411 e. The first kappa shape index (κ1) is 17.5. The Labute approximate surface area is 123 Å². The molecule has 0 bridgehead atoms. The summed E-state index contributed by atoms with van der Waals surface area (Å²) in [5, 5.41) is 2.32. The van der Waals surface area contributed by atoms with Gasteiger partial charge in [-0.3, -0.25) is 4.79 Å². The van der Waals surface area contributed by atoms with Crippen LogP contribution in [0, 0.1) is 5.82 Å². The highest BCUT2D eigenvalue weighted by Crippen LogP contribution is 2.22. The zero-order valence-corrected chi connectivity index (χ0v) is 11.7. The lowest BCUT2D eigenvalue weighted by atomic mass is 10.1. The van der Waals surface area contributed by atoms with Gasteiger partial charge in [-0.1, -0.05) is 11.6 Å². The van der Waals surface area contributed by atoms with Crippen LogP contribution in [0.15, 0.2) is 12.1 Å². The van der Waals surface area contributed by atoms with Gasteiger partial charge in [-0.2, -0.15) is 13.2 Å². The molecule has 0 heterocycles. The van der Waals surface area contributed by atoms with Crippen molar-refractivity contribution in [2.75, 3.05) is 18.9 Å². The molecule has 1 aromatic carbocycles. The summed E-state index contributed by atoms with van der Waals surface area (Å²) >= 11 is 5.61. The van der Waals surface area contributed by atoms with Crippen LogP contribution in [-0.2, 0) is 4.74 Å². The zero-order chi connectivity index (χ0) is 16.2. The fourth-order valence-corrected chi connectivity index (χ4v) is 1.67. The molecule has 0 aliphatic heterocycles. The average molecular weight is 329 g/mol. The van der Waals surface area contributed by atoms with Gasteiger partial charge in [0.05, 0.1) is 17.9 Å². The molecule has 0 saturated carbocycles. The molecule has 1 unspecified atom stereocenters. The molecular formula is C12H13ClF4N2O2. The summed E-state index contributed by atoms with van der Waals surface area (Å²) < 4.78 is 53.4. The van der Waals surface area contributed by atoms with Crippen LogP contribution in [0.1, 0.15) is 17.3 Å². The third-order valence-electron chi connectivity index (χ3n) is 2.35. The number of hydrogen-bond acceptors (Lipinski definition) is 3. The van der Waals surface area contributed by atoms with E-state index < -0.39 is 30.5 Å². The molecule has 9 heteroatoms. The van der Waals surface area contributed by atoms with Crippen LogP contribution in [-0.4, -0.2) is 31.3 Å². The summed E-state index contributed by atoms with van der Waals surface area (Å²) in [6, 6.07) is 1.39. The van der Waals surface area contributed by atoms with Crippen molar-refractivity contribution < 1.29 is 27.1 Å². The molecule has 0 aliphatic rings. The highest BCUT2D eigenvalue weighted by atomic mass is 35.5. The monoisotopic (exact) mass is 328 g/mol. The summed E-state index contributed by atoms with van der Waals surface area (Å²) in [6.45, 7) is -0.333. The number of nitrogens with one attached hydrogen (secondary N) is 1. The number of carbonyl (C=O) groups is 1. The number of rotatable bonds is 5. The number of alkyl halides is 3. The average Bonchev–Trinajstić information content (AvgIpc) is 2.31. The van der Waals surface area contributed by atoms with Crippen LogP contribution in [0.25, 0.3) is 0 Å². The van der Waals surface area contributed by atoms with E-state index in [1.807, 2.05) is 0 Å². The van der Waals surface area contributed by atoms with E-state index in [0.29, 0.717) is 0 Å². The second-order valence-electron chi connectivity index (χ2n) is 4.35. The molecule has 1 aromatic rings. The van der Waals surface area contributed by atoms with E-state index >= 15 is 0 Å². The second kappa shape index (κ2) is 6.95. The molecule has 0 saturated heterocycles. The first-order chi connectivity index (χ1) is 9.60. The molecule has 1 rings (SSSR count). The number of benzene rings is 1. The number of ether oxygens (including phenoxy) is 1. The van der Waals surface area contributed by atoms with Gasteiger partial charge in [0.25, 0.3) is 5.91 Å². The van der Waals surface area contributed by atoms with Crippen LogP contribution in [0.3, 0.4) is 0 Å². The van der Waals surface area contributed by atoms with Crippen LogP contribution >= 0.6 is 11.6 Å². The number of hydrogen-bond donors (Lipinski definition) is 2. The number of nitrogen functional groups attached to an aromatic ring is 1. The van der Waals surface area contributed by atoms with E-state index in [0.717, 1.165) is 6.07 Å². The summed E-state index contributed by atoms with van der Waals surface area (Å²) in [5.41, 5.74) is 4.83. The fourth-order valence-electron chi connectivity index (χ4n) is 1.47. The van der Waals surface area contributed by atoms with Gasteiger partial charge >= 0.3 is 6.18 Å². The Balaban J connectivity index is 2.61. The fraction of sp³-hybridized carbons (Fsp3) is 0.417. The van der Waals surface area contributed by atoms with E-state index in [-0.39, 0.29) is 22.9 Å². The van der Waals surface area contributed by atoms with E-state index in [1.165, 1.54) is 13.0 Å². The van der Waals surface area contributed by atoms with E-state index in [9.17, 15) is 22.4 Å². The number of halogens is 5. The third kappa shape index (κ3) is 5.76. The topological polar surface area (TPSA) is 64.3 Å². The summed E-state index contributed by atoms with van der Waals surface area (Å²) in [6.07, 6.45) is -4.44. The highest BCUT2D eigenvalue weighted by molar-refractivity contribution is 6.31. The molecule has 118 valence electrons. The SMILES string of the molecule is CC(COCC(F)(F)F)NC(=O)c1cc(Cl)cc(F)c1N. The van der Waals surface area contributed by atoms with Crippen LogP contribution in [0.5, 0.6) is 0 Å². The minimum Gasteiger partial charge on any atom is -0.396 e. The Morgan fingerprint density at radius 1 is 1.48 bits per heavy atom. The molecule has 0 aliphatic carbocycles. The first-order valence-corrected chi connectivity index (χ1v) is 6.18. The van der Waals surface area contributed by atoms with E-state index in [2.05, 4.69) is 10.1 Å². The van der Waals surface area contributed by atoms with Gasteiger partial charge in [-0.05, 0) is 19.1 Å². The smallest absolute Gasteiger partial charge is 0.396 e. The molecule has 1 atom stereocenters. The number of anilines is 1. The Morgan fingerprint density at radius 3 is 2.67 bits per heavy atom.